The van der Waals surface area contributed by atoms with Gasteiger partial charge in [0.15, 0.2) is 5.03 Å². The molecule has 2 heterocycles. The number of pyridine rings is 2. The second-order valence-corrected chi connectivity index (χ2v) is 9.61. The van der Waals surface area contributed by atoms with Crippen molar-refractivity contribution in [2.75, 3.05) is 36.4 Å². The van der Waals surface area contributed by atoms with E-state index in [-0.39, 0.29) is 17.5 Å². The first-order valence-corrected chi connectivity index (χ1v) is 12.1. The smallest absolute Gasteiger partial charge is 0.282 e. The molecule has 8 nitrogen and oxygen atoms in total. The van der Waals surface area contributed by atoms with Crippen molar-refractivity contribution < 1.29 is 13.2 Å². The number of hydrogen-bond acceptors (Lipinski definition) is 6. The molecule has 0 fully saturated rings. The maximum Gasteiger partial charge on any atom is 0.282 e. The highest BCUT2D eigenvalue weighted by molar-refractivity contribution is 7.92. The minimum absolute atomic E-state index is 0.116. The van der Waals surface area contributed by atoms with Gasteiger partial charge in [-0.3, -0.25) is 14.1 Å². The van der Waals surface area contributed by atoms with E-state index in [1.54, 1.807) is 54.4 Å². The van der Waals surface area contributed by atoms with Crippen LogP contribution in [0.25, 0.3) is 0 Å². The Labute approximate surface area is 195 Å². The molecule has 0 atom stereocenters. The van der Waals surface area contributed by atoms with Gasteiger partial charge in [0, 0.05) is 26.8 Å². The molecule has 0 radical (unpaired) electrons. The monoisotopic (exact) mass is 467 g/mol. The fraction of sp³-hybridized carbons (Fsp3) is 0.292. The van der Waals surface area contributed by atoms with Gasteiger partial charge >= 0.3 is 0 Å². The van der Waals surface area contributed by atoms with Gasteiger partial charge in [-0.1, -0.05) is 29.8 Å². The van der Waals surface area contributed by atoms with Crippen LogP contribution in [0.15, 0.2) is 71.9 Å². The lowest BCUT2D eigenvalue weighted by Gasteiger charge is -2.28. The lowest BCUT2D eigenvalue weighted by atomic mass is 10.2. The molecule has 0 unspecified atom stereocenters. The Balaban J connectivity index is 1.97. The van der Waals surface area contributed by atoms with E-state index in [1.165, 1.54) is 6.07 Å². The van der Waals surface area contributed by atoms with Crippen molar-refractivity contribution in [2.45, 2.75) is 25.4 Å². The largest absolute Gasteiger partial charge is 0.363 e. The lowest BCUT2D eigenvalue weighted by Crippen LogP contribution is -2.43. The predicted octanol–water partition coefficient (Wildman–Crippen LogP) is 3.10. The second kappa shape index (κ2) is 10.4. The number of anilines is 2. The fourth-order valence-corrected chi connectivity index (χ4v) is 4.59. The Morgan fingerprint density at radius 2 is 1.70 bits per heavy atom. The third-order valence-corrected chi connectivity index (χ3v) is 6.81. The van der Waals surface area contributed by atoms with Crippen LogP contribution in [0.1, 0.15) is 18.2 Å². The van der Waals surface area contributed by atoms with Gasteiger partial charge in [-0.25, -0.2) is 4.98 Å². The first-order chi connectivity index (χ1) is 15.7. The van der Waals surface area contributed by atoms with Crippen LogP contribution in [0.3, 0.4) is 0 Å². The number of sulfonamides is 1. The molecule has 0 bridgehead atoms. The molecule has 0 N–H and O–H groups in total. The molecule has 2 aromatic heterocycles. The third-order valence-electron chi connectivity index (χ3n) is 5.14. The summed E-state index contributed by atoms with van der Waals surface area (Å²) in [4.78, 5) is 25.1. The molecule has 3 aromatic rings. The van der Waals surface area contributed by atoms with E-state index in [2.05, 4.69) is 9.97 Å². The minimum Gasteiger partial charge on any atom is -0.363 e. The maximum absolute atomic E-state index is 13.7. The molecule has 9 heteroatoms. The van der Waals surface area contributed by atoms with E-state index >= 15 is 0 Å². The number of nitrogens with zero attached hydrogens (tertiary/aromatic N) is 5. The van der Waals surface area contributed by atoms with Crippen molar-refractivity contribution in [1.29, 1.82) is 0 Å². The fourth-order valence-electron chi connectivity index (χ4n) is 3.22. The molecular formula is C24H29N5O3S. The van der Waals surface area contributed by atoms with Gasteiger partial charge in [-0.05, 0) is 50.2 Å². The van der Waals surface area contributed by atoms with E-state index < -0.39 is 10.0 Å². The molecule has 0 aliphatic rings. The summed E-state index contributed by atoms with van der Waals surface area (Å²) in [5.74, 6) is 0.188. The summed E-state index contributed by atoms with van der Waals surface area (Å²) in [5.41, 5.74) is 2.12. The molecule has 33 heavy (non-hydrogen) atoms. The molecule has 3 rings (SSSR count). The van der Waals surface area contributed by atoms with Crippen LogP contribution in [0, 0.1) is 6.92 Å². The lowest BCUT2D eigenvalue weighted by molar-refractivity contribution is -0.130. The first-order valence-electron chi connectivity index (χ1n) is 10.6. The normalized spacial score (nSPS) is 11.2. The summed E-state index contributed by atoms with van der Waals surface area (Å²) in [6, 6.07) is 17.3. The van der Waals surface area contributed by atoms with Crippen molar-refractivity contribution in [2.24, 2.45) is 0 Å². The number of carbonyl (C=O) groups is 1. The van der Waals surface area contributed by atoms with Gasteiger partial charge in [0.25, 0.3) is 10.0 Å². The van der Waals surface area contributed by atoms with Gasteiger partial charge in [-0.2, -0.15) is 8.42 Å². The molecule has 0 aliphatic carbocycles. The Morgan fingerprint density at radius 1 is 0.970 bits per heavy atom. The third kappa shape index (κ3) is 5.87. The van der Waals surface area contributed by atoms with Crippen LogP contribution in [0.2, 0.25) is 0 Å². The van der Waals surface area contributed by atoms with Gasteiger partial charge in [-0.15, -0.1) is 0 Å². The SMILES string of the molecule is CCN(Cc1ccccn1)C(=O)CN(c1ccc(C)cc1)S(=O)(=O)c1cccc(N(C)C)n1. The highest BCUT2D eigenvalue weighted by atomic mass is 32.2. The molecule has 0 saturated carbocycles. The Morgan fingerprint density at radius 3 is 2.30 bits per heavy atom. The Bertz CT molecular complexity index is 1180. The highest BCUT2D eigenvalue weighted by Crippen LogP contribution is 2.24. The van der Waals surface area contributed by atoms with Gasteiger partial charge in [0.2, 0.25) is 5.91 Å². The van der Waals surface area contributed by atoms with Gasteiger partial charge < -0.3 is 9.80 Å². The van der Waals surface area contributed by atoms with E-state index in [4.69, 9.17) is 0 Å². The molecule has 174 valence electrons. The zero-order chi connectivity index (χ0) is 24.0. The van der Waals surface area contributed by atoms with Gasteiger partial charge in [0.05, 0.1) is 17.9 Å². The quantitative estimate of drug-likeness (QED) is 0.481. The van der Waals surface area contributed by atoms with Crippen LogP contribution in [0.5, 0.6) is 0 Å². The zero-order valence-electron chi connectivity index (χ0n) is 19.3. The van der Waals surface area contributed by atoms with Crippen LogP contribution in [-0.4, -0.2) is 56.4 Å². The average Bonchev–Trinajstić information content (AvgIpc) is 2.82. The number of rotatable bonds is 9. The van der Waals surface area contributed by atoms with E-state index in [0.29, 0.717) is 24.6 Å². The van der Waals surface area contributed by atoms with Gasteiger partial charge in [0.1, 0.15) is 12.4 Å². The van der Waals surface area contributed by atoms with Crippen molar-refractivity contribution in [3.05, 3.63) is 78.1 Å². The first kappa shape index (κ1) is 24.2. The standard InChI is InChI=1S/C24H29N5O3S/c1-5-28(17-20-9-6-7-16-25-20)24(30)18-29(21-14-12-19(2)13-15-21)33(31,32)23-11-8-10-22(26-23)27(3)4/h6-16H,5,17-18H2,1-4H3. The molecule has 0 aliphatic heterocycles. The van der Waals surface area contributed by atoms with E-state index in [9.17, 15) is 13.2 Å². The maximum atomic E-state index is 13.7. The van der Waals surface area contributed by atoms with Crippen molar-refractivity contribution in [3.8, 4) is 0 Å². The molecule has 1 aromatic carbocycles. The number of benzene rings is 1. The Hall–Kier alpha value is -3.46. The summed E-state index contributed by atoms with van der Waals surface area (Å²) in [6.45, 7) is 4.15. The average molecular weight is 468 g/mol. The topological polar surface area (TPSA) is 86.7 Å². The Kier molecular flexibility index (Phi) is 7.65. The number of aryl methyl sites for hydroxylation is 1. The van der Waals surface area contributed by atoms with Crippen LogP contribution < -0.4 is 9.21 Å². The summed E-state index contributed by atoms with van der Waals surface area (Å²) in [6.07, 6.45) is 1.67. The summed E-state index contributed by atoms with van der Waals surface area (Å²) in [7, 11) is -0.523. The molecule has 1 amide bonds. The van der Waals surface area contributed by atoms with Crippen molar-refractivity contribution in [3.63, 3.8) is 0 Å². The number of likely N-dealkylation sites (N-methyl/N-ethyl adjacent to an activating group) is 1. The summed E-state index contributed by atoms with van der Waals surface area (Å²) < 4.78 is 28.4. The number of amides is 1. The van der Waals surface area contributed by atoms with Crippen molar-refractivity contribution in [1.82, 2.24) is 14.9 Å². The summed E-state index contributed by atoms with van der Waals surface area (Å²) >= 11 is 0. The van der Waals surface area contributed by atoms with E-state index in [1.807, 2.05) is 44.2 Å². The number of aromatic nitrogens is 2. The number of carbonyl (C=O) groups excluding carboxylic acids is 1. The summed E-state index contributed by atoms with van der Waals surface area (Å²) in [5, 5.41) is -0.116. The minimum atomic E-state index is -4.10. The molecule has 0 saturated heterocycles. The van der Waals surface area contributed by atoms with Crippen molar-refractivity contribution >= 4 is 27.4 Å². The van der Waals surface area contributed by atoms with Crippen LogP contribution in [-0.2, 0) is 21.4 Å². The van der Waals surface area contributed by atoms with Crippen LogP contribution in [0.4, 0.5) is 11.5 Å². The zero-order valence-corrected chi connectivity index (χ0v) is 20.2. The number of hydrogen-bond donors (Lipinski definition) is 0. The van der Waals surface area contributed by atoms with Crippen LogP contribution >= 0.6 is 0 Å². The molecule has 0 spiro atoms. The van der Waals surface area contributed by atoms with E-state index in [0.717, 1.165) is 15.6 Å². The second-order valence-electron chi connectivity index (χ2n) is 7.80. The highest BCUT2D eigenvalue weighted by Gasteiger charge is 2.30. The predicted molar refractivity (Wildman–Crippen MR) is 130 cm³/mol. The molecular weight excluding hydrogens is 438 g/mol.